The second-order valence-corrected chi connectivity index (χ2v) is 4.81. The maximum Gasteiger partial charge on any atom is 0.260 e. The van der Waals surface area contributed by atoms with Crippen LogP contribution in [0.2, 0.25) is 0 Å². The van der Waals surface area contributed by atoms with Gasteiger partial charge in [0.05, 0.1) is 28.8 Å². The van der Waals surface area contributed by atoms with Crippen molar-refractivity contribution in [3.05, 3.63) is 60.7 Å². The van der Waals surface area contributed by atoms with Gasteiger partial charge in [0, 0.05) is 6.20 Å². The fourth-order valence-corrected chi connectivity index (χ4v) is 2.11. The Morgan fingerprint density at radius 1 is 1.18 bits per heavy atom. The zero-order valence-electron chi connectivity index (χ0n) is 12.1. The van der Waals surface area contributed by atoms with Crippen LogP contribution in [0.5, 0.6) is 0 Å². The lowest BCUT2D eigenvalue weighted by molar-refractivity contribution is -0.121. The van der Waals surface area contributed by atoms with E-state index >= 15 is 0 Å². The highest BCUT2D eigenvalue weighted by Gasteiger charge is 2.06. The van der Waals surface area contributed by atoms with Gasteiger partial charge in [0.2, 0.25) is 0 Å². The van der Waals surface area contributed by atoms with Crippen LogP contribution in [0.1, 0.15) is 12.6 Å². The molecule has 0 aliphatic heterocycles. The van der Waals surface area contributed by atoms with Crippen molar-refractivity contribution in [3.63, 3.8) is 0 Å². The van der Waals surface area contributed by atoms with Crippen molar-refractivity contribution in [2.45, 2.75) is 13.5 Å². The smallest absolute Gasteiger partial charge is 0.260 e. The van der Waals surface area contributed by atoms with Gasteiger partial charge in [-0.1, -0.05) is 18.2 Å². The summed E-state index contributed by atoms with van der Waals surface area (Å²) in [6, 6.07) is 13.2. The van der Waals surface area contributed by atoms with Crippen molar-refractivity contribution in [3.8, 4) is 0 Å². The number of rotatable bonds is 4. The Balaban J connectivity index is 1.68. The Morgan fingerprint density at radius 2 is 2.00 bits per heavy atom. The number of hydrogen-bond acceptors (Lipinski definition) is 4. The molecule has 1 N–H and O–H groups in total. The molecule has 0 unspecified atom stereocenters. The average molecular weight is 293 g/mol. The van der Waals surface area contributed by atoms with Gasteiger partial charge in [0.1, 0.15) is 6.54 Å². The molecule has 0 saturated carbocycles. The van der Waals surface area contributed by atoms with Crippen molar-refractivity contribution in [1.29, 1.82) is 0 Å². The third-order valence-corrected chi connectivity index (χ3v) is 3.23. The van der Waals surface area contributed by atoms with E-state index < -0.39 is 0 Å². The Kier molecular flexibility index (Phi) is 3.91. The molecule has 6 nitrogen and oxygen atoms in total. The van der Waals surface area contributed by atoms with Crippen LogP contribution in [-0.2, 0) is 11.3 Å². The molecule has 0 atom stereocenters. The molecule has 1 aromatic carbocycles. The first-order chi connectivity index (χ1) is 10.7. The van der Waals surface area contributed by atoms with Gasteiger partial charge in [0.15, 0.2) is 0 Å². The summed E-state index contributed by atoms with van der Waals surface area (Å²) in [6.45, 7) is 1.97. The number of imidazole rings is 1. The Labute approximate surface area is 127 Å². The highest BCUT2D eigenvalue weighted by atomic mass is 16.2. The van der Waals surface area contributed by atoms with Crippen molar-refractivity contribution in [1.82, 2.24) is 20.0 Å². The van der Waals surface area contributed by atoms with E-state index in [2.05, 4.69) is 20.5 Å². The molecule has 2 heterocycles. The minimum absolute atomic E-state index is 0.166. The molecule has 0 spiro atoms. The van der Waals surface area contributed by atoms with E-state index in [0.29, 0.717) is 5.71 Å². The molecular formula is C16H15N5O. The van der Waals surface area contributed by atoms with Gasteiger partial charge in [-0.2, -0.15) is 5.10 Å². The molecule has 6 heteroatoms. The highest BCUT2D eigenvalue weighted by Crippen LogP contribution is 2.11. The van der Waals surface area contributed by atoms with Crippen LogP contribution in [0.25, 0.3) is 11.0 Å². The van der Waals surface area contributed by atoms with Crippen molar-refractivity contribution < 1.29 is 4.79 Å². The number of aromatic nitrogens is 3. The predicted octanol–water partition coefficient (Wildman–Crippen LogP) is 1.97. The maximum absolute atomic E-state index is 12.0. The lowest BCUT2D eigenvalue weighted by atomic mass is 10.3. The standard InChI is InChI=1S/C16H15N5O/c1-12(13-6-4-5-9-17-13)19-20-16(22)10-21-11-18-14-7-2-3-8-15(14)21/h2-9,11H,10H2,1H3,(H,20,22)/b19-12+. The Bertz CT molecular complexity index is 823. The highest BCUT2D eigenvalue weighted by molar-refractivity contribution is 5.97. The largest absolute Gasteiger partial charge is 0.321 e. The average Bonchev–Trinajstić information content (AvgIpc) is 2.97. The number of amides is 1. The van der Waals surface area contributed by atoms with E-state index in [1.807, 2.05) is 42.5 Å². The van der Waals surface area contributed by atoms with Crippen molar-refractivity contribution in [2.24, 2.45) is 5.10 Å². The number of benzene rings is 1. The number of para-hydroxylation sites is 2. The molecule has 3 aromatic rings. The summed E-state index contributed by atoms with van der Waals surface area (Å²) < 4.78 is 1.79. The van der Waals surface area contributed by atoms with Gasteiger partial charge in [0.25, 0.3) is 5.91 Å². The Hall–Kier alpha value is -3.02. The summed E-state index contributed by atoms with van der Waals surface area (Å²) in [6.07, 6.45) is 3.34. The van der Waals surface area contributed by atoms with E-state index in [0.717, 1.165) is 16.7 Å². The van der Waals surface area contributed by atoms with E-state index in [1.54, 1.807) is 24.0 Å². The number of fused-ring (bicyclic) bond motifs is 1. The second kappa shape index (κ2) is 6.17. The molecule has 1 amide bonds. The molecular weight excluding hydrogens is 278 g/mol. The molecule has 0 fully saturated rings. The summed E-state index contributed by atoms with van der Waals surface area (Å²) in [4.78, 5) is 20.4. The van der Waals surface area contributed by atoms with Gasteiger partial charge in [-0.3, -0.25) is 9.78 Å². The summed E-state index contributed by atoms with van der Waals surface area (Å²) >= 11 is 0. The van der Waals surface area contributed by atoms with Crippen LogP contribution in [0.4, 0.5) is 0 Å². The molecule has 0 aliphatic carbocycles. The minimum Gasteiger partial charge on any atom is -0.321 e. The third kappa shape index (κ3) is 3.01. The fourth-order valence-electron chi connectivity index (χ4n) is 2.11. The van der Waals surface area contributed by atoms with Crippen molar-refractivity contribution in [2.75, 3.05) is 0 Å². The van der Waals surface area contributed by atoms with Gasteiger partial charge in [-0.15, -0.1) is 0 Å². The normalized spacial score (nSPS) is 11.6. The van der Waals surface area contributed by atoms with Crippen LogP contribution in [-0.4, -0.2) is 26.2 Å². The van der Waals surface area contributed by atoms with Gasteiger partial charge < -0.3 is 4.57 Å². The molecule has 0 radical (unpaired) electrons. The first kappa shape index (κ1) is 13.9. The number of hydrogen-bond donors (Lipinski definition) is 1. The predicted molar refractivity (Wildman–Crippen MR) is 84.3 cm³/mol. The first-order valence-electron chi connectivity index (χ1n) is 6.88. The van der Waals surface area contributed by atoms with E-state index in [-0.39, 0.29) is 12.5 Å². The summed E-state index contributed by atoms with van der Waals surface area (Å²) in [5, 5.41) is 4.08. The van der Waals surface area contributed by atoms with Gasteiger partial charge in [-0.05, 0) is 31.2 Å². The van der Waals surface area contributed by atoms with Gasteiger partial charge >= 0.3 is 0 Å². The summed E-state index contributed by atoms with van der Waals surface area (Å²) in [5.41, 5.74) is 5.72. The van der Waals surface area contributed by atoms with Crippen molar-refractivity contribution >= 4 is 22.7 Å². The zero-order chi connectivity index (χ0) is 15.4. The minimum atomic E-state index is -0.210. The fraction of sp³-hybridized carbons (Fsp3) is 0.125. The van der Waals surface area contributed by atoms with Crippen LogP contribution >= 0.6 is 0 Å². The molecule has 0 saturated heterocycles. The summed E-state index contributed by atoms with van der Waals surface area (Å²) in [5.74, 6) is -0.210. The molecule has 110 valence electrons. The quantitative estimate of drug-likeness (QED) is 0.590. The number of nitrogens with zero attached hydrogens (tertiary/aromatic N) is 4. The second-order valence-electron chi connectivity index (χ2n) is 4.81. The number of carbonyl (C=O) groups is 1. The lowest BCUT2D eigenvalue weighted by Gasteiger charge is -2.04. The van der Waals surface area contributed by atoms with E-state index in [1.165, 1.54) is 0 Å². The molecule has 3 rings (SSSR count). The number of nitrogens with one attached hydrogen (secondary N) is 1. The molecule has 22 heavy (non-hydrogen) atoms. The van der Waals surface area contributed by atoms with E-state index in [9.17, 15) is 4.79 Å². The topological polar surface area (TPSA) is 72.2 Å². The molecule has 0 bridgehead atoms. The maximum atomic E-state index is 12.0. The first-order valence-corrected chi connectivity index (χ1v) is 6.88. The SMILES string of the molecule is C/C(=N\NC(=O)Cn1cnc2ccccc21)c1ccccn1. The summed E-state index contributed by atoms with van der Waals surface area (Å²) in [7, 11) is 0. The zero-order valence-corrected chi connectivity index (χ0v) is 12.1. The molecule has 2 aromatic heterocycles. The third-order valence-electron chi connectivity index (χ3n) is 3.23. The van der Waals surface area contributed by atoms with Crippen LogP contribution in [0.15, 0.2) is 60.1 Å². The number of carbonyl (C=O) groups excluding carboxylic acids is 1. The number of pyridine rings is 1. The van der Waals surface area contributed by atoms with E-state index in [4.69, 9.17) is 0 Å². The monoisotopic (exact) mass is 293 g/mol. The lowest BCUT2D eigenvalue weighted by Crippen LogP contribution is -2.24. The van der Waals surface area contributed by atoms with Crippen LogP contribution < -0.4 is 5.43 Å². The van der Waals surface area contributed by atoms with Crippen LogP contribution in [0.3, 0.4) is 0 Å². The number of hydrazone groups is 1. The Morgan fingerprint density at radius 3 is 2.82 bits per heavy atom. The van der Waals surface area contributed by atoms with Crippen LogP contribution in [0, 0.1) is 0 Å². The molecule has 0 aliphatic rings. The van der Waals surface area contributed by atoms with Gasteiger partial charge in [-0.25, -0.2) is 10.4 Å².